The van der Waals surface area contributed by atoms with Crippen molar-refractivity contribution in [2.45, 2.75) is 41.5 Å². The van der Waals surface area contributed by atoms with Crippen LogP contribution < -0.4 is 0 Å². The van der Waals surface area contributed by atoms with Crippen molar-refractivity contribution in [1.82, 2.24) is 19.9 Å². The van der Waals surface area contributed by atoms with Crippen LogP contribution >= 0.6 is 0 Å². The zero-order valence-electron chi connectivity index (χ0n) is 12.3. The third-order valence-electron chi connectivity index (χ3n) is 1.42. The molecule has 0 N–H and O–H groups in total. The number of aromatic nitrogens is 4. The van der Waals surface area contributed by atoms with Crippen LogP contribution in [0.2, 0.25) is 0 Å². The Morgan fingerprint density at radius 1 is 0.778 bits per heavy atom. The summed E-state index contributed by atoms with van der Waals surface area (Å²) < 4.78 is 0. The fourth-order valence-corrected chi connectivity index (χ4v) is 0.730. The summed E-state index contributed by atoms with van der Waals surface area (Å²) in [6.45, 7) is 11.8. The molecule has 0 aromatic carbocycles. The third-order valence-corrected chi connectivity index (χ3v) is 1.42. The third kappa shape index (κ3) is 12.2. The molecule has 4 nitrogen and oxygen atoms in total. The second-order valence-corrected chi connectivity index (χ2v) is 2.65. The van der Waals surface area contributed by atoms with E-state index in [-0.39, 0.29) is 0 Å². The average molecular weight is 248 g/mol. The lowest BCUT2D eigenvalue weighted by molar-refractivity contribution is 1.05. The van der Waals surface area contributed by atoms with Crippen molar-refractivity contribution in [1.29, 1.82) is 0 Å². The minimum atomic E-state index is 0.822. The summed E-state index contributed by atoms with van der Waals surface area (Å²) in [5.41, 5.74) is 1.01. The number of nitrogens with zero attached hydrogens (tertiary/aromatic N) is 4. The van der Waals surface area contributed by atoms with E-state index in [1.165, 1.54) is 6.33 Å². The maximum absolute atomic E-state index is 3.87. The van der Waals surface area contributed by atoms with Gasteiger partial charge in [-0.2, -0.15) is 0 Å². The van der Waals surface area contributed by atoms with Crippen molar-refractivity contribution in [3.63, 3.8) is 0 Å². The van der Waals surface area contributed by atoms with Gasteiger partial charge in [0.05, 0.1) is 0 Å². The lowest BCUT2D eigenvalue weighted by atomic mass is 10.5. The van der Waals surface area contributed by atoms with Crippen LogP contribution in [0.15, 0.2) is 37.1 Å². The van der Waals surface area contributed by atoms with E-state index in [0.717, 1.165) is 11.5 Å². The van der Waals surface area contributed by atoms with Gasteiger partial charge in [0.1, 0.15) is 12.2 Å². The SMILES string of the molecule is CC.CC.Cc1ccncn1.Cc1ncccn1. The zero-order valence-corrected chi connectivity index (χ0v) is 12.3. The first-order valence-electron chi connectivity index (χ1n) is 6.25. The Labute approximate surface area is 111 Å². The highest BCUT2D eigenvalue weighted by Crippen LogP contribution is 1.82. The Bertz CT molecular complexity index is 311. The number of hydrogen-bond donors (Lipinski definition) is 0. The predicted octanol–water partition coefficient (Wildman–Crippen LogP) is 3.62. The van der Waals surface area contributed by atoms with E-state index < -0.39 is 0 Å². The molecule has 4 heteroatoms. The van der Waals surface area contributed by atoms with Crippen molar-refractivity contribution in [2.75, 3.05) is 0 Å². The minimum Gasteiger partial charge on any atom is -0.245 e. The Kier molecular flexibility index (Phi) is 15.6. The molecule has 0 aliphatic heterocycles. The molecule has 2 heterocycles. The van der Waals surface area contributed by atoms with E-state index in [4.69, 9.17) is 0 Å². The van der Waals surface area contributed by atoms with Gasteiger partial charge in [-0.05, 0) is 26.0 Å². The maximum atomic E-state index is 3.87. The Hall–Kier alpha value is -1.84. The van der Waals surface area contributed by atoms with Gasteiger partial charge in [-0.3, -0.25) is 0 Å². The minimum absolute atomic E-state index is 0.822. The van der Waals surface area contributed by atoms with Gasteiger partial charge in [-0.25, -0.2) is 19.9 Å². The molecule has 0 amide bonds. The van der Waals surface area contributed by atoms with Gasteiger partial charge >= 0.3 is 0 Å². The van der Waals surface area contributed by atoms with Crippen molar-refractivity contribution in [3.05, 3.63) is 48.6 Å². The molecule has 0 fully saturated rings. The monoisotopic (exact) mass is 248 g/mol. The second-order valence-electron chi connectivity index (χ2n) is 2.65. The molecular weight excluding hydrogens is 224 g/mol. The highest BCUT2D eigenvalue weighted by atomic mass is 14.8. The van der Waals surface area contributed by atoms with Gasteiger partial charge in [0, 0.05) is 24.3 Å². The van der Waals surface area contributed by atoms with Crippen molar-refractivity contribution in [2.24, 2.45) is 0 Å². The van der Waals surface area contributed by atoms with Crippen molar-refractivity contribution >= 4 is 0 Å². The molecule has 0 unspecified atom stereocenters. The molecule has 0 aliphatic rings. The highest BCUT2D eigenvalue weighted by Gasteiger charge is 1.75. The highest BCUT2D eigenvalue weighted by molar-refractivity contribution is 4.92. The van der Waals surface area contributed by atoms with Crippen LogP contribution in [-0.4, -0.2) is 19.9 Å². The molecule has 0 bridgehead atoms. The van der Waals surface area contributed by atoms with E-state index in [1.807, 2.05) is 47.6 Å². The summed E-state index contributed by atoms with van der Waals surface area (Å²) in [6.07, 6.45) is 6.71. The van der Waals surface area contributed by atoms with Gasteiger partial charge in [0.2, 0.25) is 0 Å². The topological polar surface area (TPSA) is 51.6 Å². The summed E-state index contributed by atoms with van der Waals surface area (Å²) in [5.74, 6) is 0.822. The van der Waals surface area contributed by atoms with Gasteiger partial charge in [0.25, 0.3) is 0 Å². The zero-order chi connectivity index (χ0) is 14.2. The molecule has 100 valence electrons. The van der Waals surface area contributed by atoms with E-state index in [0.29, 0.717) is 0 Å². The largest absolute Gasteiger partial charge is 0.245 e. The Balaban J connectivity index is 0. The van der Waals surface area contributed by atoms with Crippen LogP contribution in [0.5, 0.6) is 0 Å². The quantitative estimate of drug-likeness (QED) is 0.714. The fourth-order valence-electron chi connectivity index (χ4n) is 0.730. The van der Waals surface area contributed by atoms with Crippen LogP contribution in [0, 0.1) is 13.8 Å². The number of rotatable bonds is 0. The van der Waals surface area contributed by atoms with Gasteiger partial charge in [-0.1, -0.05) is 27.7 Å². The van der Waals surface area contributed by atoms with Gasteiger partial charge < -0.3 is 0 Å². The van der Waals surface area contributed by atoms with E-state index >= 15 is 0 Å². The summed E-state index contributed by atoms with van der Waals surface area (Å²) >= 11 is 0. The maximum Gasteiger partial charge on any atom is 0.125 e. The Morgan fingerprint density at radius 2 is 1.33 bits per heavy atom. The Morgan fingerprint density at radius 3 is 1.56 bits per heavy atom. The summed E-state index contributed by atoms with van der Waals surface area (Å²) in [4.78, 5) is 15.3. The van der Waals surface area contributed by atoms with E-state index in [1.54, 1.807) is 24.7 Å². The van der Waals surface area contributed by atoms with Crippen LogP contribution in [0.3, 0.4) is 0 Å². The smallest absolute Gasteiger partial charge is 0.125 e. The summed E-state index contributed by atoms with van der Waals surface area (Å²) in [6, 6.07) is 3.66. The first-order valence-corrected chi connectivity index (χ1v) is 6.25. The second kappa shape index (κ2) is 15.2. The van der Waals surface area contributed by atoms with Crippen LogP contribution in [0.4, 0.5) is 0 Å². The molecule has 0 atom stereocenters. The molecule has 0 aliphatic carbocycles. The first kappa shape index (κ1) is 18.5. The fraction of sp³-hybridized carbons (Fsp3) is 0.429. The molecule has 0 saturated carbocycles. The molecule has 2 aromatic heterocycles. The lowest BCUT2D eigenvalue weighted by Gasteiger charge is -1.81. The van der Waals surface area contributed by atoms with E-state index in [2.05, 4.69) is 19.9 Å². The van der Waals surface area contributed by atoms with Gasteiger partial charge in [-0.15, -0.1) is 0 Å². The van der Waals surface area contributed by atoms with Crippen LogP contribution in [-0.2, 0) is 0 Å². The van der Waals surface area contributed by atoms with Gasteiger partial charge in [0.15, 0.2) is 0 Å². The molecule has 0 spiro atoms. The molecule has 2 aromatic rings. The molecular formula is C14H24N4. The summed E-state index contributed by atoms with van der Waals surface area (Å²) in [7, 11) is 0. The number of hydrogen-bond acceptors (Lipinski definition) is 4. The van der Waals surface area contributed by atoms with Crippen molar-refractivity contribution < 1.29 is 0 Å². The molecule has 2 rings (SSSR count). The van der Waals surface area contributed by atoms with Crippen LogP contribution in [0.1, 0.15) is 39.2 Å². The average Bonchev–Trinajstić information content (AvgIpc) is 2.46. The summed E-state index contributed by atoms with van der Waals surface area (Å²) in [5, 5.41) is 0. The standard InChI is InChI=1S/2C5H6N2.2C2H6/c1-5-2-3-6-4-7-5;1-5-6-3-2-4-7-5;2*1-2/h2*2-4H,1H3;2*1-2H3. The molecule has 0 radical (unpaired) electrons. The lowest BCUT2D eigenvalue weighted by Crippen LogP contribution is -1.80. The molecule has 18 heavy (non-hydrogen) atoms. The van der Waals surface area contributed by atoms with Crippen molar-refractivity contribution in [3.8, 4) is 0 Å². The number of aryl methyl sites for hydroxylation is 2. The first-order chi connectivity index (χ1) is 8.79. The predicted molar refractivity (Wildman–Crippen MR) is 76.2 cm³/mol. The molecule has 0 saturated heterocycles. The van der Waals surface area contributed by atoms with Crippen LogP contribution in [0.25, 0.3) is 0 Å². The normalized spacial score (nSPS) is 7.44. The van der Waals surface area contributed by atoms with E-state index in [9.17, 15) is 0 Å².